The molecule has 1 unspecified atom stereocenters. The number of likely N-dealkylation sites (tertiary alicyclic amines) is 1. The summed E-state index contributed by atoms with van der Waals surface area (Å²) < 4.78 is 7.48. The zero-order chi connectivity index (χ0) is 20.1. The number of fused-ring (bicyclic) bond motifs is 1. The number of benzene rings is 1. The van der Waals surface area contributed by atoms with Crippen LogP contribution in [0.25, 0.3) is 4.96 Å². The molecule has 0 bridgehead atoms. The fourth-order valence-electron chi connectivity index (χ4n) is 3.81. The predicted molar refractivity (Wildman–Crippen MR) is 133 cm³/mol. The maximum Gasteiger partial charge on any atom is 0.193 e. The molecule has 30 heavy (non-hydrogen) atoms. The number of thiazole rings is 1. The van der Waals surface area contributed by atoms with Crippen LogP contribution in [-0.4, -0.2) is 54.0 Å². The van der Waals surface area contributed by atoms with Crippen LogP contribution in [0, 0.1) is 0 Å². The molecule has 1 atom stereocenters. The van der Waals surface area contributed by atoms with E-state index in [9.17, 15) is 0 Å². The molecule has 2 aromatic heterocycles. The number of methoxy groups -OCH3 is 1. The number of rotatable bonds is 7. The SMILES string of the molecule is CN=C(NCc1cn2ccsc2n1)NCC(c1cccc(OC)c1)N1CCCC1.I. The summed E-state index contributed by atoms with van der Waals surface area (Å²) >= 11 is 1.64. The third-order valence-electron chi connectivity index (χ3n) is 5.33. The van der Waals surface area contributed by atoms with E-state index in [0.29, 0.717) is 6.54 Å². The quantitative estimate of drug-likeness (QED) is 0.273. The van der Waals surface area contributed by atoms with E-state index in [2.05, 4.69) is 49.9 Å². The van der Waals surface area contributed by atoms with Gasteiger partial charge in [-0.25, -0.2) is 4.98 Å². The molecule has 1 aromatic carbocycles. The van der Waals surface area contributed by atoms with Crippen molar-refractivity contribution < 1.29 is 4.74 Å². The Morgan fingerprint density at radius 3 is 2.87 bits per heavy atom. The minimum Gasteiger partial charge on any atom is -0.497 e. The summed E-state index contributed by atoms with van der Waals surface area (Å²) in [6.07, 6.45) is 6.59. The molecule has 162 valence electrons. The van der Waals surface area contributed by atoms with Gasteiger partial charge in [0.1, 0.15) is 5.75 Å². The van der Waals surface area contributed by atoms with E-state index < -0.39 is 0 Å². The van der Waals surface area contributed by atoms with Crippen molar-refractivity contribution in [2.24, 2.45) is 4.99 Å². The fraction of sp³-hybridized carbons (Fsp3) is 0.429. The minimum absolute atomic E-state index is 0. The monoisotopic (exact) mass is 540 g/mol. The van der Waals surface area contributed by atoms with E-state index in [1.165, 1.54) is 18.4 Å². The lowest BCUT2D eigenvalue weighted by Gasteiger charge is -2.29. The second-order valence-corrected chi connectivity index (χ2v) is 8.04. The number of ether oxygens (including phenoxy) is 1. The van der Waals surface area contributed by atoms with Crippen molar-refractivity contribution >= 4 is 46.2 Å². The maximum absolute atomic E-state index is 5.44. The average molecular weight is 540 g/mol. The topological polar surface area (TPSA) is 66.2 Å². The zero-order valence-corrected chi connectivity index (χ0v) is 20.5. The van der Waals surface area contributed by atoms with E-state index in [0.717, 1.165) is 42.0 Å². The van der Waals surface area contributed by atoms with Crippen LogP contribution in [0.2, 0.25) is 0 Å². The van der Waals surface area contributed by atoms with Crippen LogP contribution in [0.4, 0.5) is 0 Å². The summed E-state index contributed by atoms with van der Waals surface area (Å²) in [6, 6.07) is 8.66. The van der Waals surface area contributed by atoms with Gasteiger partial charge in [0.25, 0.3) is 0 Å². The van der Waals surface area contributed by atoms with Crippen LogP contribution in [0.5, 0.6) is 5.75 Å². The zero-order valence-electron chi connectivity index (χ0n) is 17.4. The number of hydrogen-bond acceptors (Lipinski definition) is 5. The van der Waals surface area contributed by atoms with Crippen molar-refractivity contribution in [1.82, 2.24) is 24.9 Å². The molecule has 1 aliphatic heterocycles. The first-order valence-electron chi connectivity index (χ1n) is 10.0. The summed E-state index contributed by atoms with van der Waals surface area (Å²) in [5, 5.41) is 8.92. The predicted octanol–water partition coefficient (Wildman–Crippen LogP) is 3.52. The van der Waals surface area contributed by atoms with Crippen LogP contribution in [0.1, 0.15) is 30.1 Å². The maximum atomic E-state index is 5.44. The lowest BCUT2D eigenvalue weighted by molar-refractivity contribution is 0.245. The molecule has 3 heterocycles. The first-order valence-corrected chi connectivity index (χ1v) is 10.9. The highest BCUT2D eigenvalue weighted by molar-refractivity contribution is 14.0. The summed E-state index contributed by atoms with van der Waals surface area (Å²) in [4.78, 5) is 12.6. The molecule has 7 nitrogen and oxygen atoms in total. The van der Waals surface area contributed by atoms with Crippen molar-refractivity contribution in [1.29, 1.82) is 0 Å². The summed E-state index contributed by atoms with van der Waals surface area (Å²) in [5.41, 5.74) is 2.27. The highest BCUT2D eigenvalue weighted by Gasteiger charge is 2.24. The van der Waals surface area contributed by atoms with Gasteiger partial charge in [-0.05, 0) is 43.6 Å². The number of nitrogens with one attached hydrogen (secondary N) is 2. The summed E-state index contributed by atoms with van der Waals surface area (Å²) in [7, 11) is 3.52. The Morgan fingerprint density at radius 1 is 1.30 bits per heavy atom. The van der Waals surface area contributed by atoms with Crippen molar-refractivity contribution in [3.8, 4) is 5.75 Å². The highest BCUT2D eigenvalue weighted by atomic mass is 127. The van der Waals surface area contributed by atoms with Crippen LogP contribution in [0.3, 0.4) is 0 Å². The smallest absolute Gasteiger partial charge is 0.193 e. The van der Waals surface area contributed by atoms with E-state index in [-0.39, 0.29) is 30.0 Å². The molecular weight excluding hydrogens is 511 g/mol. The van der Waals surface area contributed by atoms with Crippen LogP contribution in [0.15, 0.2) is 47.0 Å². The van der Waals surface area contributed by atoms with Crippen molar-refractivity contribution in [2.75, 3.05) is 33.8 Å². The van der Waals surface area contributed by atoms with Gasteiger partial charge >= 0.3 is 0 Å². The first kappa shape index (κ1) is 22.8. The lowest BCUT2D eigenvalue weighted by atomic mass is 10.1. The summed E-state index contributed by atoms with van der Waals surface area (Å²) in [5.74, 6) is 1.68. The Labute approximate surface area is 198 Å². The lowest BCUT2D eigenvalue weighted by Crippen LogP contribution is -2.42. The van der Waals surface area contributed by atoms with Crippen LogP contribution in [-0.2, 0) is 6.54 Å². The third kappa shape index (κ3) is 5.44. The molecule has 0 aliphatic carbocycles. The molecule has 0 radical (unpaired) electrons. The molecule has 1 fully saturated rings. The van der Waals surface area contributed by atoms with E-state index in [1.54, 1.807) is 25.5 Å². The molecule has 0 saturated carbocycles. The Balaban J connectivity index is 0.00000256. The Hall–Kier alpha value is -1.85. The molecule has 4 rings (SSSR count). The Kier molecular flexibility index (Phi) is 8.34. The Morgan fingerprint density at radius 2 is 2.13 bits per heavy atom. The molecule has 1 aliphatic rings. The molecule has 0 amide bonds. The van der Waals surface area contributed by atoms with Gasteiger partial charge in [0.15, 0.2) is 10.9 Å². The standard InChI is InChI=1S/C21H28N6OS.HI/c1-22-20(23-13-17-15-27-10-11-29-21(27)25-17)24-14-19(26-8-3-4-9-26)16-6-5-7-18(12-16)28-2;/h5-7,10-12,15,19H,3-4,8-9,13-14H2,1-2H3,(H2,22,23,24);1H. The van der Waals surface area contributed by atoms with Crippen molar-refractivity contribution in [2.45, 2.75) is 25.4 Å². The second-order valence-electron chi connectivity index (χ2n) is 7.17. The van der Waals surface area contributed by atoms with E-state index in [4.69, 9.17) is 4.74 Å². The summed E-state index contributed by atoms with van der Waals surface area (Å²) in [6.45, 7) is 3.68. The largest absolute Gasteiger partial charge is 0.497 e. The number of aromatic nitrogens is 2. The molecule has 1 saturated heterocycles. The number of halogens is 1. The van der Waals surface area contributed by atoms with Gasteiger partial charge in [-0.2, -0.15) is 0 Å². The van der Waals surface area contributed by atoms with Gasteiger partial charge in [-0.15, -0.1) is 35.3 Å². The van der Waals surface area contributed by atoms with Gasteiger partial charge < -0.3 is 15.4 Å². The van der Waals surface area contributed by atoms with E-state index >= 15 is 0 Å². The number of guanidine groups is 1. The molecule has 2 N–H and O–H groups in total. The minimum atomic E-state index is 0. The first-order chi connectivity index (χ1) is 14.3. The van der Waals surface area contributed by atoms with Gasteiger partial charge in [0.05, 0.1) is 25.4 Å². The average Bonchev–Trinajstić information content (AvgIpc) is 3.48. The normalized spacial score (nSPS) is 15.7. The number of hydrogen-bond donors (Lipinski definition) is 2. The molecule has 3 aromatic rings. The van der Waals surface area contributed by atoms with Crippen molar-refractivity contribution in [3.63, 3.8) is 0 Å². The van der Waals surface area contributed by atoms with Crippen LogP contribution < -0.4 is 15.4 Å². The Bertz CT molecular complexity index is 937. The van der Waals surface area contributed by atoms with Crippen LogP contribution >= 0.6 is 35.3 Å². The molecule has 9 heteroatoms. The van der Waals surface area contributed by atoms with Gasteiger partial charge in [-0.3, -0.25) is 14.3 Å². The number of aliphatic imine (C=N–C) groups is 1. The highest BCUT2D eigenvalue weighted by Crippen LogP contribution is 2.27. The van der Waals surface area contributed by atoms with Gasteiger partial charge in [0.2, 0.25) is 0 Å². The van der Waals surface area contributed by atoms with Gasteiger partial charge in [0, 0.05) is 31.4 Å². The van der Waals surface area contributed by atoms with Gasteiger partial charge in [-0.1, -0.05) is 12.1 Å². The van der Waals surface area contributed by atoms with Crippen molar-refractivity contribution in [3.05, 3.63) is 53.3 Å². The fourth-order valence-corrected chi connectivity index (χ4v) is 4.53. The number of imidazole rings is 1. The molecule has 0 spiro atoms. The third-order valence-corrected chi connectivity index (χ3v) is 6.10. The van der Waals surface area contributed by atoms with E-state index in [1.807, 2.05) is 22.0 Å². The number of nitrogens with zero attached hydrogens (tertiary/aromatic N) is 4. The molecular formula is C21H29IN6OS. The second kappa shape index (κ2) is 11.0.